The lowest BCUT2D eigenvalue weighted by Gasteiger charge is -2.32. The van der Waals surface area contributed by atoms with Crippen LogP contribution in [0, 0.1) is 0 Å². The number of nitrogens with one attached hydrogen (secondary N) is 1. The zero-order valence-electron chi connectivity index (χ0n) is 43.3. The van der Waals surface area contributed by atoms with E-state index in [4.69, 9.17) is 18.9 Å². The summed E-state index contributed by atoms with van der Waals surface area (Å²) in [4.78, 5) is 29.0. The number of fused-ring (bicyclic) bond motifs is 2. The third-order valence-corrected chi connectivity index (χ3v) is 12.3. The number of ketones is 2. The van der Waals surface area contributed by atoms with Crippen LogP contribution in [0.4, 0.5) is 0 Å². The molecule has 0 aliphatic carbocycles. The number of aromatic hydroxyl groups is 4. The van der Waals surface area contributed by atoms with Gasteiger partial charge in [0.2, 0.25) is 0 Å². The van der Waals surface area contributed by atoms with Gasteiger partial charge in [0.1, 0.15) is 54.0 Å². The lowest BCUT2D eigenvalue weighted by atomic mass is 9.91. The molecule has 2 heterocycles. The minimum absolute atomic E-state index is 0. The number of halogens is 1. The molecule has 0 aromatic heterocycles. The fraction of sp³-hybridized carbons (Fsp3) is 0.414. The van der Waals surface area contributed by atoms with E-state index in [1.807, 2.05) is 83.4 Å². The Bertz CT molecular complexity index is 2410. The second-order valence-corrected chi connectivity index (χ2v) is 19.8. The van der Waals surface area contributed by atoms with Crippen LogP contribution in [-0.2, 0) is 12.8 Å². The number of aryl methyl sites for hydroxylation is 2. The minimum Gasteiger partial charge on any atom is -1.00 e. The first kappa shape index (κ1) is 57.4. The molecule has 71 heavy (non-hydrogen) atoms. The predicted molar refractivity (Wildman–Crippen MR) is 278 cm³/mol. The Morgan fingerprint density at radius 2 is 1.06 bits per heavy atom. The minimum atomic E-state index is -0.507. The Morgan fingerprint density at radius 3 is 1.44 bits per heavy atom. The van der Waals surface area contributed by atoms with Crippen LogP contribution in [-0.4, -0.2) is 103 Å². The fourth-order valence-corrected chi connectivity index (χ4v) is 8.05. The quantitative estimate of drug-likeness (QED) is 0.0404. The monoisotopic (exact) mass is 995 g/mol. The molecule has 13 heteroatoms. The second-order valence-electron chi connectivity index (χ2n) is 19.8. The van der Waals surface area contributed by atoms with Crippen molar-refractivity contribution < 1.29 is 66.3 Å². The second kappa shape index (κ2) is 26.3. The van der Waals surface area contributed by atoms with Crippen molar-refractivity contribution in [1.29, 1.82) is 0 Å². The molecule has 0 fully saturated rings. The highest BCUT2D eigenvalue weighted by atomic mass is 35.5. The van der Waals surface area contributed by atoms with Gasteiger partial charge in [-0.3, -0.25) is 9.59 Å². The molecule has 0 spiro atoms. The van der Waals surface area contributed by atoms with Gasteiger partial charge in [-0.05, 0) is 154 Å². The van der Waals surface area contributed by atoms with Gasteiger partial charge in [0.15, 0.2) is 34.6 Å². The normalized spacial score (nSPS) is 16.3. The van der Waals surface area contributed by atoms with Gasteiger partial charge in [0.25, 0.3) is 0 Å². The van der Waals surface area contributed by atoms with Crippen LogP contribution in [0.15, 0.2) is 96.1 Å². The average Bonchev–Trinajstić information content (AvgIpc) is 3.28. The molecule has 6 rings (SSSR count). The number of allylic oxidation sites excluding steroid dienone is 4. The largest absolute Gasteiger partial charge is 1.00 e. The summed E-state index contributed by atoms with van der Waals surface area (Å²) in [6, 6.07) is 16.5. The van der Waals surface area contributed by atoms with Crippen molar-refractivity contribution in [2.75, 3.05) is 54.5 Å². The fourth-order valence-electron chi connectivity index (χ4n) is 8.05. The maximum atomic E-state index is 12.9. The molecule has 0 bridgehead atoms. The van der Waals surface area contributed by atoms with E-state index in [0.29, 0.717) is 49.1 Å². The van der Waals surface area contributed by atoms with Crippen LogP contribution in [0.25, 0.3) is 12.2 Å². The number of benzene rings is 4. The van der Waals surface area contributed by atoms with E-state index in [-0.39, 0.29) is 70.9 Å². The number of phenols is 4. The molecule has 0 amide bonds. The Kier molecular flexibility index (Phi) is 21.3. The Labute approximate surface area is 427 Å². The molecule has 4 aromatic rings. The molecule has 4 aromatic carbocycles. The van der Waals surface area contributed by atoms with Crippen molar-refractivity contribution in [2.45, 2.75) is 104 Å². The van der Waals surface area contributed by atoms with E-state index < -0.39 is 11.2 Å². The van der Waals surface area contributed by atoms with Gasteiger partial charge in [0.05, 0.1) is 25.2 Å². The average molecular weight is 996 g/mol. The number of hydrogen-bond donors (Lipinski definition) is 5. The van der Waals surface area contributed by atoms with Gasteiger partial charge in [-0.2, -0.15) is 0 Å². The van der Waals surface area contributed by atoms with E-state index in [2.05, 4.69) is 39.8 Å². The summed E-state index contributed by atoms with van der Waals surface area (Å²) in [5.41, 5.74) is 5.50. The van der Waals surface area contributed by atoms with Crippen LogP contribution in [0.5, 0.6) is 46.0 Å². The van der Waals surface area contributed by atoms with E-state index in [0.717, 1.165) is 61.0 Å². The molecule has 5 N–H and O–H groups in total. The van der Waals surface area contributed by atoms with Crippen LogP contribution >= 0.6 is 0 Å². The number of carbonyl (C=O) groups is 2. The predicted octanol–water partition coefficient (Wildman–Crippen LogP) is 7.12. The first-order valence-corrected chi connectivity index (χ1v) is 24.3. The lowest BCUT2D eigenvalue weighted by molar-refractivity contribution is -0.858. The summed E-state index contributed by atoms with van der Waals surface area (Å²) >= 11 is 0. The highest BCUT2D eigenvalue weighted by molar-refractivity contribution is 5.99. The first-order valence-electron chi connectivity index (χ1n) is 24.3. The number of Topliss-reactive ketones (excluding diaryl/α,β-unsaturated/α-hetero) is 2. The van der Waals surface area contributed by atoms with E-state index >= 15 is 0 Å². The van der Waals surface area contributed by atoms with Crippen LogP contribution in [0.1, 0.15) is 123 Å². The Morgan fingerprint density at radius 1 is 0.634 bits per heavy atom. The smallest absolute Gasteiger partial charge is 0.169 e. The summed E-state index contributed by atoms with van der Waals surface area (Å²) in [5, 5.41) is 41.7. The summed E-state index contributed by atoms with van der Waals surface area (Å²) in [6.07, 6.45) is 17.1. The third kappa shape index (κ3) is 17.0. The van der Waals surface area contributed by atoms with Gasteiger partial charge >= 0.3 is 0 Å². The molecular weight excluding hydrogens is 920 g/mol. The van der Waals surface area contributed by atoms with E-state index in [9.17, 15) is 30.0 Å². The number of quaternary nitrogens is 1. The van der Waals surface area contributed by atoms with Gasteiger partial charge in [-0.15, -0.1) is 0 Å². The Hall–Kier alpha value is -6.21. The summed E-state index contributed by atoms with van der Waals surface area (Å²) in [5.74, 6) is 1.71. The Balaban J connectivity index is 0.000000304. The highest BCUT2D eigenvalue weighted by Gasteiger charge is 2.31. The van der Waals surface area contributed by atoms with Gasteiger partial charge in [-0.1, -0.05) is 47.6 Å². The van der Waals surface area contributed by atoms with E-state index in [1.165, 1.54) is 28.2 Å². The van der Waals surface area contributed by atoms with Crippen molar-refractivity contribution in [3.05, 3.63) is 129 Å². The molecule has 2 aliphatic heterocycles. The van der Waals surface area contributed by atoms with Crippen molar-refractivity contribution in [3.63, 3.8) is 0 Å². The number of likely N-dealkylation sites (N-methyl/N-ethyl adjacent to an activating group) is 2. The molecule has 2 aliphatic rings. The zero-order valence-corrected chi connectivity index (χ0v) is 44.0. The summed E-state index contributed by atoms with van der Waals surface area (Å²) < 4.78 is 23.7. The molecule has 0 radical (unpaired) electrons. The van der Waals surface area contributed by atoms with Crippen molar-refractivity contribution in [1.82, 2.24) is 4.90 Å². The lowest BCUT2D eigenvalue weighted by Crippen LogP contribution is -3.06. The van der Waals surface area contributed by atoms with E-state index in [1.54, 1.807) is 36.4 Å². The van der Waals surface area contributed by atoms with Crippen molar-refractivity contribution in [3.8, 4) is 46.0 Å². The zero-order chi connectivity index (χ0) is 51.2. The SMILES string of the molecule is CC(C)=CCC[C@]1(C)C=Cc2c(CCC(=O)c3ccc(OCCN(C)C)cc3O)ccc(O)c2O1.CC(C)=CCC[C@]1(C)C=Cc2c(CCC(=O)c3ccc(OCC[NH+](C)C)cc3O)ccc(O)c2O1.[Cl-]. The first-order chi connectivity index (χ1) is 33.2. The maximum Gasteiger partial charge on any atom is 0.169 e. The molecular formula is C58H75ClN2O10. The number of rotatable bonds is 22. The van der Waals surface area contributed by atoms with Gasteiger partial charge < -0.3 is 61.6 Å². The number of hydrogen-bond acceptors (Lipinski definition) is 11. The van der Waals surface area contributed by atoms with Crippen molar-refractivity contribution >= 4 is 23.7 Å². The maximum absolute atomic E-state index is 12.9. The molecule has 0 unspecified atom stereocenters. The molecule has 0 saturated heterocycles. The van der Waals surface area contributed by atoms with Crippen molar-refractivity contribution in [2.24, 2.45) is 0 Å². The topological polar surface area (TPSA) is 160 Å². The number of phenolic OH excluding ortho intramolecular Hbond substituents is 4. The summed E-state index contributed by atoms with van der Waals surface area (Å²) in [7, 11) is 8.00. The highest BCUT2D eigenvalue weighted by Crippen LogP contribution is 2.43. The van der Waals surface area contributed by atoms with Crippen LogP contribution in [0.3, 0.4) is 0 Å². The molecule has 384 valence electrons. The standard InChI is InChI=1S/2C29H37NO5.ClH/c2*1-20(2)7-6-15-29(3)16-14-23-21(9-13-26(32)28(23)35-29)8-12-25(31)24-11-10-22(19-27(24)33)34-18-17-30(4)5;/h2*7,9-11,13-14,16,19,32-33H,6,8,12,15,17-18H2,1-5H3;1H/t2*29-;/m11./s1. The van der Waals surface area contributed by atoms with Crippen LogP contribution in [0.2, 0.25) is 0 Å². The number of nitrogens with zero attached hydrogens (tertiary/aromatic N) is 1. The number of carbonyl (C=O) groups excluding carboxylic acids is 2. The van der Waals surface area contributed by atoms with Crippen LogP contribution < -0.4 is 36.3 Å². The molecule has 2 atom stereocenters. The molecule has 12 nitrogen and oxygen atoms in total. The van der Waals surface area contributed by atoms with Gasteiger partial charge in [-0.25, -0.2) is 0 Å². The van der Waals surface area contributed by atoms with Gasteiger partial charge in [0, 0.05) is 42.6 Å². The molecule has 0 saturated carbocycles. The summed E-state index contributed by atoms with van der Waals surface area (Å²) in [6.45, 7) is 14.9. The number of ether oxygens (including phenoxy) is 4. The third-order valence-electron chi connectivity index (χ3n) is 12.3.